The predicted molar refractivity (Wildman–Crippen MR) is 80.7 cm³/mol. The van der Waals surface area contributed by atoms with Crippen molar-refractivity contribution >= 4 is 28.7 Å². The van der Waals surface area contributed by atoms with Crippen LogP contribution in [-0.2, 0) is 6.42 Å². The summed E-state index contributed by atoms with van der Waals surface area (Å²) in [5.74, 6) is -0.493. The van der Waals surface area contributed by atoms with Crippen molar-refractivity contribution in [3.05, 3.63) is 56.2 Å². The van der Waals surface area contributed by atoms with Gasteiger partial charge in [-0.15, -0.1) is 11.3 Å². The fraction of sp³-hybridized carbons (Fsp3) is 0.267. The first kappa shape index (κ1) is 15.2. The number of hydrogen-bond acceptors (Lipinski definition) is 4. The zero-order valence-corrected chi connectivity index (χ0v) is 12.5. The van der Waals surface area contributed by atoms with Crippen LogP contribution >= 0.6 is 22.9 Å². The van der Waals surface area contributed by atoms with Crippen LogP contribution in [0.15, 0.2) is 30.3 Å². The number of rotatable bonds is 5. The van der Waals surface area contributed by atoms with E-state index in [-0.39, 0.29) is 0 Å². The average molecular weight is 311 g/mol. The fourth-order valence-electron chi connectivity index (χ4n) is 1.91. The average Bonchev–Trinajstić information content (AvgIpc) is 2.85. The zero-order valence-electron chi connectivity index (χ0n) is 11.0. The molecule has 0 fully saturated rings. The summed E-state index contributed by atoms with van der Waals surface area (Å²) >= 11 is 7.84. The van der Waals surface area contributed by atoms with Gasteiger partial charge in [-0.25, -0.2) is 0 Å². The van der Waals surface area contributed by atoms with E-state index in [0.717, 1.165) is 10.4 Å². The van der Waals surface area contributed by atoms with Gasteiger partial charge in [0.05, 0.1) is 6.61 Å². The predicted octanol–water partition coefficient (Wildman–Crippen LogP) is 2.84. The highest BCUT2D eigenvalue weighted by atomic mass is 35.5. The van der Waals surface area contributed by atoms with E-state index in [1.54, 1.807) is 29.5 Å². The number of Topliss-reactive ketones (excluding diaryl/α,β-unsaturated/α-hetero) is 1. The topological polar surface area (TPSA) is 57.5 Å². The number of hydrogen-bond donors (Lipinski definition) is 2. The molecule has 0 spiro atoms. The van der Waals surface area contributed by atoms with Crippen LogP contribution in [0.2, 0.25) is 5.02 Å². The fourth-order valence-corrected chi connectivity index (χ4v) is 3.00. The Hall–Kier alpha value is -1.20. The molecule has 0 unspecified atom stereocenters. The quantitative estimate of drug-likeness (QED) is 0.835. The van der Waals surface area contributed by atoms with E-state index in [1.807, 2.05) is 19.1 Å². The van der Waals surface area contributed by atoms with Crippen LogP contribution in [0, 0.1) is 6.92 Å². The van der Waals surface area contributed by atoms with Crippen molar-refractivity contribution in [1.29, 1.82) is 0 Å². The normalized spacial score (nSPS) is 12.4. The summed E-state index contributed by atoms with van der Waals surface area (Å²) in [5, 5.41) is 18.8. The molecule has 0 saturated heterocycles. The standard InChI is InChI=1S/C15H15ClO3S/c1-9-2-4-12(20-9)7-11-6-10(3-5-13(11)16)15(19)14(18)8-17/h2-6,14,17-18H,7-8H2,1H3/t14-/m1/s1. The Balaban J connectivity index is 2.27. The molecule has 2 N–H and O–H groups in total. The van der Waals surface area contributed by atoms with Crippen LogP contribution in [0.3, 0.4) is 0 Å². The SMILES string of the molecule is Cc1ccc(Cc2cc(C(=O)[C@H](O)CO)ccc2Cl)s1. The van der Waals surface area contributed by atoms with E-state index >= 15 is 0 Å². The molecule has 20 heavy (non-hydrogen) atoms. The maximum Gasteiger partial charge on any atom is 0.193 e. The van der Waals surface area contributed by atoms with Crippen molar-refractivity contribution in [2.75, 3.05) is 6.61 Å². The lowest BCUT2D eigenvalue weighted by Gasteiger charge is -2.09. The van der Waals surface area contributed by atoms with E-state index in [9.17, 15) is 9.90 Å². The second-order valence-electron chi connectivity index (χ2n) is 4.56. The van der Waals surface area contributed by atoms with Crippen molar-refractivity contribution in [3.8, 4) is 0 Å². The molecule has 0 aliphatic carbocycles. The number of ketones is 1. The van der Waals surface area contributed by atoms with Crippen LogP contribution < -0.4 is 0 Å². The van der Waals surface area contributed by atoms with Crippen molar-refractivity contribution in [2.45, 2.75) is 19.4 Å². The van der Waals surface area contributed by atoms with Gasteiger partial charge in [-0.1, -0.05) is 11.6 Å². The summed E-state index contributed by atoms with van der Waals surface area (Å²) < 4.78 is 0. The minimum Gasteiger partial charge on any atom is -0.393 e. The van der Waals surface area contributed by atoms with Gasteiger partial charge in [0.25, 0.3) is 0 Å². The summed E-state index contributed by atoms with van der Waals surface area (Å²) in [6, 6.07) is 8.96. The highest BCUT2D eigenvalue weighted by Crippen LogP contribution is 2.25. The van der Waals surface area contributed by atoms with Gasteiger partial charge >= 0.3 is 0 Å². The Morgan fingerprint density at radius 1 is 1.35 bits per heavy atom. The molecule has 0 aliphatic rings. The maximum atomic E-state index is 11.8. The number of aliphatic hydroxyl groups is 2. The number of aryl methyl sites for hydroxylation is 1. The summed E-state index contributed by atoms with van der Waals surface area (Å²) in [5.41, 5.74) is 1.20. The lowest BCUT2D eigenvalue weighted by atomic mass is 10.0. The molecule has 1 aromatic carbocycles. The lowest BCUT2D eigenvalue weighted by molar-refractivity contribution is 0.0587. The number of carbonyl (C=O) groups is 1. The van der Waals surface area contributed by atoms with Gasteiger partial charge in [0.2, 0.25) is 0 Å². The van der Waals surface area contributed by atoms with Gasteiger partial charge in [0, 0.05) is 26.8 Å². The first-order valence-corrected chi connectivity index (χ1v) is 7.37. The van der Waals surface area contributed by atoms with Crippen molar-refractivity contribution < 1.29 is 15.0 Å². The Morgan fingerprint density at radius 3 is 2.70 bits per heavy atom. The second kappa shape index (κ2) is 6.50. The highest BCUT2D eigenvalue weighted by molar-refractivity contribution is 7.11. The van der Waals surface area contributed by atoms with Crippen LogP contribution in [0.5, 0.6) is 0 Å². The maximum absolute atomic E-state index is 11.8. The van der Waals surface area contributed by atoms with Crippen LogP contribution in [-0.4, -0.2) is 28.7 Å². The largest absolute Gasteiger partial charge is 0.393 e. The number of halogens is 1. The third-order valence-electron chi connectivity index (χ3n) is 2.97. The Kier molecular flexibility index (Phi) is 4.94. The van der Waals surface area contributed by atoms with E-state index < -0.39 is 18.5 Å². The third-order valence-corrected chi connectivity index (χ3v) is 4.34. The monoisotopic (exact) mass is 310 g/mol. The van der Waals surface area contributed by atoms with Crippen LogP contribution in [0.1, 0.15) is 25.7 Å². The summed E-state index contributed by atoms with van der Waals surface area (Å²) in [4.78, 5) is 14.2. The summed E-state index contributed by atoms with van der Waals surface area (Å²) in [7, 11) is 0. The molecule has 0 radical (unpaired) electrons. The Bertz CT molecular complexity index is 621. The molecular weight excluding hydrogens is 296 g/mol. The van der Waals surface area contributed by atoms with Crippen molar-refractivity contribution in [2.24, 2.45) is 0 Å². The van der Waals surface area contributed by atoms with E-state index in [4.69, 9.17) is 16.7 Å². The van der Waals surface area contributed by atoms with Crippen molar-refractivity contribution in [3.63, 3.8) is 0 Å². The first-order valence-electron chi connectivity index (χ1n) is 6.18. The highest BCUT2D eigenvalue weighted by Gasteiger charge is 2.17. The van der Waals surface area contributed by atoms with E-state index in [0.29, 0.717) is 17.0 Å². The van der Waals surface area contributed by atoms with Gasteiger partial charge in [0.1, 0.15) is 6.10 Å². The number of benzene rings is 1. The smallest absolute Gasteiger partial charge is 0.193 e. The molecule has 106 valence electrons. The molecule has 0 saturated carbocycles. The van der Waals surface area contributed by atoms with Crippen molar-refractivity contribution in [1.82, 2.24) is 0 Å². The summed E-state index contributed by atoms with van der Waals surface area (Å²) in [6.07, 6.45) is -0.735. The molecule has 1 atom stereocenters. The van der Waals surface area contributed by atoms with Gasteiger partial charge in [-0.05, 0) is 42.8 Å². The molecule has 2 rings (SSSR count). The zero-order chi connectivity index (χ0) is 14.7. The molecule has 3 nitrogen and oxygen atoms in total. The molecule has 0 amide bonds. The molecule has 2 aromatic rings. The number of aliphatic hydroxyl groups excluding tert-OH is 2. The molecular formula is C15H15ClO3S. The second-order valence-corrected chi connectivity index (χ2v) is 6.34. The van der Waals surface area contributed by atoms with Gasteiger partial charge in [0.15, 0.2) is 5.78 Å². The van der Waals surface area contributed by atoms with Gasteiger partial charge < -0.3 is 10.2 Å². The van der Waals surface area contributed by atoms with Crippen LogP contribution in [0.25, 0.3) is 0 Å². The Morgan fingerprint density at radius 2 is 2.10 bits per heavy atom. The molecule has 1 heterocycles. The van der Waals surface area contributed by atoms with E-state index in [2.05, 4.69) is 0 Å². The number of thiophene rings is 1. The molecule has 1 aromatic heterocycles. The summed E-state index contributed by atoms with van der Waals surface area (Å²) in [6.45, 7) is 1.45. The minimum absolute atomic E-state index is 0.360. The molecule has 0 aliphatic heterocycles. The van der Waals surface area contributed by atoms with Crippen LogP contribution in [0.4, 0.5) is 0 Å². The lowest BCUT2D eigenvalue weighted by Crippen LogP contribution is -2.24. The minimum atomic E-state index is -1.38. The van der Waals surface area contributed by atoms with Gasteiger partial charge in [-0.3, -0.25) is 4.79 Å². The third kappa shape index (κ3) is 3.46. The molecule has 5 heteroatoms. The first-order chi connectivity index (χ1) is 9.51. The van der Waals surface area contributed by atoms with Gasteiger partial charge in [-0.2, -0.15) is 0 Å². The van der Waals surface area contributed by atoms with E-state index in [1.165, 1.54) is 4.88 Å². The molecule has 0 bridgehead atoms. The Labute approximate surface area is 126 Å². The number of carbonyl (C=O) groups excluding carboxylic acids is 1.